The number of rotatable bonds is 9. The number of benzene rings is 4. The molecule has 0 bridgehead atoms. The number of esters is 1. The zero-order valence-corrected chi connectivity index (χ0v) is 21.5. The van der Waals surface area contributed by atoms with Gasteiger partial charge in [-0.2, -0.15) is 0 Å². The second kappa shape index (κ2) is 12.2. The summed E-state index contributed by atoms with van der Waals surface area (Å²) in [6, 6.07) is 27.6. The highest BCUT2D eigenvalue weighted by atomic mass is 35.5. The maximum absolute atomic E-state index is 14.1. The van der Waals surface area contributed by atoms with E-state index in [2.05, 4.69) is 11.9 Å². The van der Waals surface area contributed by atoms with Crippen molar-refractivity contribution in [3.63, 3.8) is 0 Å². The van der Waals surface area contributed by atoms with E-state index < -0.39 is 29.5 Å². The lowest BCUT2D eigenvalue weighted by atomic mass is 9.80. The number of phenols is 2. The minimum Gasteiger partial charge on any atom is -0.504 e. The van der Waals surface area contributed by atoms with E-state index in [1.165, 1.54) is 18.2 Å². The van der Waals surface area contributed by atoms with Gasteiger partial charge >= 0.3 is 12.1 Å². The van der Waals surface area contributed by atoms with Crippen LogP contribution in [0.5, 0.6) is 11.5 Å². The Morgan fingerprint density at radius 2 is 1.46 bits per heavy atom. The zero-order chi connectivity index (χ0) is 27.8. The molecule has 0 spiro atoms. The van der Waals surface area contributed by atoms with Gasteiger partial charge in [0.15, 0.2) is 23.1 Å². The molecule has 0 unspecified atom stereocenters. The van der Waals surface area contributed by atoms with Crippen molar-refractivity contribution in [3.05, 3.63) is 143 Å². The Balaban J connectivity index is 1.90. The zero-order valence-electron chi connectivity index (χ0n) is 20.8. The summed E-state index contributed by atoms with van der Waals surface area (Å²) in [5, 5.41) is 22.8. The number of carbonyl (C=O) groups is 2. The fourth-order valence-corrected chi connectivity index (χ4v) is 4.51. The second-order valence-corrected chi connectivity index (χ2v) is 8.93. The Bertz CT molecular complexity index is 1420. The third kappa shape index (κ3) is 5.89. The predicted molar refractivity (Wildman–Crippen MR) is 148 cm³/mol. The highest BCUT2D eigenvalue weighted by Gasteiger charge is 2.44. The van der Waals surface area contributed by atoms with Crippen LogP contribution in [0.1, 0.15) is 28.3 Å². The quantitative estimate of drug-likeness (QED) is 0.0998. The van der Waals surface area contributed by atoms with Crippen LogP contribution in [-0.4, -0.2) is 28.9 Å². The first-order valence-electron chi connectivity index (χ1n) is 12.0. The first-order valence-corrected chi connectivity index (χ1v) is 12.4. The summed E-state index contributed by atoms with van der Waals surface area (Å²) in [7, 11) is 0. The molecule has 0 aromatic heterocycles. The molecule has 4 rings (SSSR count). The van der Waals surface area contributed by atoms with Crippen molar-refractivity contribution >= 4 is 23.7 Å². The summed E-state index contributed by atoms with van der Waals surface area (Å²) < 4.78 is 11.5. The fourth-order valence-electron chi connectivity index (χ4n) is 4.25. The van der Waals surface area contributed by atoms with Crippen LogP contribution in [0, 0.1) is 0 Å². The third-order valence-corrected chi connectivity index (χ3v) is 6.36. The number of alkyl carbamates (subject to hydrolysis) is 1. The van der Waals surface area contributed by atoms with E-state index in [9.17, 15) is 19.8 Å². The van der Waals surface area contributed by atoms with Gasteiger partial charge in [-0.25, -0.2) is 9.59 Å². The first-order chi connectivity index (χ1) is 18.9. The Hall–Kier alpha value is -4.75. The molecule has 1 atom stereocenters. The molecule has 8 heteroatoms. The van der Waals surface area contributed by atoms with Crippen molar-refractivity contribution in [1.29, 1.82) is 0 Å². The van der Waals surface area contributed by atoms with Crippen LogP contribution in [0.25, 0.3) is 0 Å². The van der Waals surface area contributed by atoms with Crippen LogP contribution in [0.4, 0.5) is 4.79 Å². The molecule has 0 saturated heterocycles. The number of amides is 1. The van der Waals surface area contributed by atoms with Gasteiger partial charge in [-0.1, -0.05) is 109 Å². The van der Waals surface area contributed by atoms with Gasteiger partial charge in [0.05, 0.1) is 0 Å². The molecular formula is C31H26ClNO6. The monoisotopic (exact) mass is 543 g/mol. The van der Waals surface area contributed by atoms with Crippen LogP contribution < -0.4 is 5.32 Å². The van der Waals surface area contributed by atoms with Gasteiger partial charge in [-0.3, -0.25) is 0 Å². The van der Waals surface area contributed by atoms with Crippen molar-refractivity contribution in [2.45, 2.75) is 11.6 Å². The number of hydrogen-bond acceptors (Lipinski definition) is 6. The third-order valence-electron chi connectivity index (χ3n) is 6.03. The number of halogens is 1. The molecule has 3 N–H and O–H groups in total. The van der Waals surface area contributed by atoms with E-state index in [0.29, 0.717) is 21.7 Å². The highest BCUT2D eigenvalue weighted by molar-refractivity contribution is 6.31. The van der Waals surface area contributed by atoms with Crippen LogP contribution >= 0.6 is 11.6 Å². The van der Waals surface area contributed by atoms with E-state index in [4.69, 9.17) is 21.1 Å². The average Bonchev–Trinajstić information content (AvgIpc) is 2.96. The normalized spacial score (nSPS) is 11.7. The SMILES string of the molecule is C=CCOC(=O)N[C@H](C(=O)OC(c1ccccc1)(c1ccccc1)c1ccccc1Cl)c1ccc(O)c(O)c1. The number of ether oxygens (including phenoxy) is 2. The summed E-state index contributed by atoms with van der Waals surface area (Å²) >= 11 is 6.72. The molecule has 39 heavy (non-hydrogen) atoms. The molecular weight excluding hydrogens is 518 g/mol. The number of aromatic hydroxyl groups is 2. The lowest BCUT2D eigenvalue weighted by Gasteiger charge is -2.37. The summed E-state index contributed by atoms with van der Waals surface area (Å²) in [6.45, 7) is 3.42. The summed E-state index contributed by atoms with van der Waals surface area (Å²) in [5.74, 6) is -1.74. The number of phenolic OH excluding ortho intramolecular Hbond substituents is 2. The molecule has 198 valence electrons. The van der Waals surface area contributed by atoms with Gasteiger partial charge < -0.3 is 25.0 Å². The van der Waals surface area contributed by atoms with Crippen LogP contribution in [-0.2, 0) is 19.9 Å². The Morgan fingerprint density at radius 3 is 2.03 bits per heavy atom. The average molecular weight is 544 g/mol. The maximum Gasteiger partial charge on any atom is 0.408 e. The molecule has 7 nitrogen and oxygen atoms in total. The molecule has 0 radical (unpaired) electrons. The second-order valence-electron chi connectivity index (χ2n) is 8.53. The lowest BCUT2D eigenvalue weighted by molar-refractivity contribution is -0.156. The van der Waals surface area contributed by atoms with E-state index >= 15 is 0 Å². The van der Waals surface area contributed by atoms with Crippen molar-refractivity contribution in [2.24, 2.45) is 0 Å². The minimum absolute atomic E-state index is 0.0912. The molecule has 0 aliphatic rings. The first kappa shape index (κ1) is 27.3. The molecule has 0 aliphatic carbocycles. The maximum atomic E-state index is 14.1. The van der Waals surface area contributed by atoms with Gasteiger partial charge in [0.2, 0.25) is 0 Å². The Labute approximate surface area is 230 Å². The highest BCUT2D eigenvalue weighted by Crippen LogP contribution is 2.44. The molecule has 4 aromatic carbocycles. The van der Waals surface area contributed by atoms with Crippen molar-refractivity contribution in [3.8, 4) is 11.5 Å². The van der Waals surface area contributed by atoms with Crippen LogP contribution in [0.15, 0.2) is 116 Å². The minimum atomic E-state index is -1.53. The molecule has 0 fully saturated rings. The van der Waals surface area contributed by atoms with Gasteiger partial charge in [-0.05, 0) is 23.8 Å². The van der Waals surface area contributed by atoms with Crippen LogP contribution in [0.2, 0.25) is 5.02 Å². The van der Waals surface area contributed by atoms with Crippen LogP contribution in [0.3, 0.4) is 0 Å². The van der Waals surface area contributed by atoms with E-state index in [1.807, 2.05) is 60.7 Å². The molecule has 4 aromatic rings. The van der Waals surface area contributed by atoms with Crippen molar-refractivity contribution < 1.29 is 29.3 Å². The van der Waals surface area contributed by atoms with Gasteiger partial charge in [0.1, 0.15) is 6.61 Å². The standard InChI is InChI=1S/C31H26ClNO6/c1-2-19-38-30(37)33-28(21-17-18-26(34)27(35)20-21)29(36)39-31(22-11-5-3-6-12-22,23-13-7-4-8-14-23)24-15-9-10-16-25(24)32/h2-18,20,28,34-35H,1,19H2,(H,33,37)/t28-/m0/s1. The predicted octanol–water partition coefficient (Wildman–Crippen LogP) is 6.24. The van der Waals surface area contributed by atoms with Gasteiger partial charge in [0, 0.05) is 21.7 Å². The topological polar surface area (TPSA) is 105 Å². The van der Waals surface area contributed by atoms with E-state index in [1.54, 1.807) is 24.3 Å². The summed E-state index contributed by atoms with van der Waals surface area (Å²) in [4.78, 5) is 26.6. The lowest BCUT2D eigenvalue weighted by Crippen LogP contribution is -2.42. The fraction of sp³-hybridized carbons (Fsp3) is 0.0968. The number of nitrogens with one attached hydrogen (secondary N) is 1. The van der Waals surface area contributed by atoms with Crippen molar-refractivity contribution in [2.75, 3.05) is 6.61 Å². The number of hydrogen-bond donors (Lipinski definition) is 3. The Morgan fingerprint density at radius 1 is 0.872 bits per heavy atom. The van der Waals surface area contributed by atoms with Gasteiger partial charge in [-0.15, -0.1) is 0 Å². The molecule has 0 heterocycles. The smallest absolute Gasteiger partial charge is 0.408 e. The summed E-state index contributed by atoms with van der Waals surface area (Å²) in [5.41, 5.74) is 0.347. The molecule has 1 amide bonds. The van der Waals surface area contributed by atoms with Crippen molar-refractivity contribution in [1.82, 2.24) is 5.32 Å². The van der Waals surface area contributed by atoms with E-state index in [0.717, 1.165) is 6.07 Å². The molecule has 0 aliphatic heterocycles. The van der Waals surface area contributed by atoms with E-state index in [-0.39, 0.29) is 17.9 Å². The molecule has 0 saturated carbocycles. The largest absolute Gasteiger partial charge is 0.504 e. The summed E-state index contributed by atoms with van der Waals surface area (Å²) in [6.07, 6.45) is 0.471. The van der Waals surface area contributed by atoms with Gasteiger partial charge in [0.25, 0.3) is 0 Å². The number of carbonyl (C=O) groups excluding carboxylic acids is 2. The Kier molecular flexibility index (Phi) is 8.53.